The fraction of sp³-hybridized carbons (Fsp3) is 0.308. The van der Waals surface area contributed by atoms with Crippen LogP contribution in [0.1, 0.15) is 31.3 Å². The minimum Gasteiger partial charge on any atom is -0.388 e. The number of nitrogens with one attached hydrogen (secondary N) is 1. The number of H-pyrrole nitrogens is 1. The second kappa shape index (κ2) is 6.18. The molecule has 2 aromatic rings. The molecule has 19 heavy (non-hydrogen) atoms. The number of nitrogens with zero attached hydrogens (tertiary/aromatic N) is 1. The lowest BCUT2D eigenvalue weighted by Crippen LogP contribution is -1.90. The fourth-order valence-electron chi connectivity index (χ4n) is 1.67. The lowest BCUT2D eigenvalue weighted by molar-refractivity contribution is 0.272. The number of benzene rings is 1. The quantitative estimate of drug-likeness (QED) is 0.874. The third-order valence-corrected chi connectivity index (χ3v) is 3.92. The molecule has 1 aromatic carbocycles. The number of hydrogen-bond acceptors (Lipinski definition) is 3. The van der Waals surface area contributed by atoms with Gasteiger partial charge in [0.2, 0.25) is 0 Å². The van der Waals surface area contributed by atoms with Crippen molar-refractivity contribution < 1.29 is 5.11 Å². The van der Waals surface area contributed by atoms with Crippen molar-refractivity contribution in [1.82, 2.24) is 9.97 Å². The fourth-order valence-corrected chi connectivity index (χ4v) is 3.49. The topological polar surface area (TPSA) is 48.9 Å². The van der Waals surface area contributed by atoms with E-state index in [2.05, 4.69) is 23.8 Å². The Hall–Kier alpha value is -0.680. The predicted octanol–water partition coefficient (Wildman–Crippen LogP) is 4.48. The van der Waals surface area contributed by atoms with Gasteiger partial charge in [-0.05, 0) is 24.1 Å². The third kappa shape index (κ3) is 3.66. The lowest BCUT2D eigenvalue weighted by atomic mass is 10.2. The van der Waals surface area contributed by atoms with Gasteiger partial charge >= 0.3 is 0 Å². The Morgan fingerprint density at radius 3 is 2.42 bits per heavy atom. The van der Waals surface area contributed by atoms with Crippen LogP contribution in [0.2, 0.25) is 10.0 Å². The number of halogens is 2. The number of imidazole rings is 1. The Kier molecular flexibility index (Phi) is 4.79. The predicted molar refractivity (Wildman–Crippen MR) is 79.2 cm³/mol. The van der Waals surface area contributed by atoms with E-state index in [9.17, 15) is 0 Å². The summed E-state index contributed by atoms with van der Waals surface area (Å²) in [5, 5.41) is 11.3. The van der Waals surface area contributed by atoms with Gasteiger partial charge in [-0.15, -0.1) is 0 Å². The molecule has 2 rings (SSSR count). The van der Waals surface area contributed by atoms with Crippen molar-refractivity contribution in [2.45, 2.75) is 36.3 Å². The largest absolute Gasteiger partial charge is 0.388 e. The molecule has 0 unspecified atom stereocenters. The van der Waals surface area contributed by atoms with Crippen molar-refractivity contribution in [3.05, 3.63) is 39.8 Å². The number of hydrogen-bond donors (Lipinski definition) is 2. The molecular weight excluding hydrogens is 303 g/mol. The Balaban J connectivity index is 2.34. The molecule has 2 N–H and O–H groups in total. The van der Waals surface area contributed by atoms with Crippen molar-refractivity contribution in [1.29, 1.82) is 0 Å². The Morgan fingerprint density at radius 2 is 1.89 bits per heavy atom. The summed E-state index contributed by atoms with van der Waals surface area (Å²) >= 11 is 13.5. The number of aromatic amines is 1. The molecule has 0 aliphatic rings. The molecule has 102 valence electrons. The summed E-state index contributed by atoms with van der Waals surface area (Å²) in [4.78, 5) is 8.43. The number of aliphatic hydroxyl groups is 1. The van der Waals surface area contributed by atoms with Gasteiger partial charge in [0.1, 0.15) is 17.5 Å². The highest BCUT2D eigenvalue weighted by molar-refractivity contribution is 7.99. The van der Waals surface area contributed by atoms with Crippen molar-refractivity contribution in [2.75, 3.05) is 0 Å². The Bertz CT molecular complexity index is 564. The van der Waals surface area contributed by atoms with Crippen LogP contribution < -0.4 is 0 Å². The van der Waals surface area contributed by atoms with Gasteiger partial charge in [0, 0.05) is 14.9 Å². The normalized spacial score (nSPS) is 11.3. The van der Waals surface area contributed by atoms with Crippen molar-refractivity contribution in [3.63, 3.8) is 0 Å². The van der Waals surface area contributed by atoms with Crippen molar-refractivity contribution in [3.8, 4) is 0 Å². The average molecular weight is 317 g/mol. The Morgan fingerprint density at radius 1 is 1.26 bits per heavy atom. The standard InChI is InChI=1S/C13H14Cl2N2OS/c1-7(2)12-13(17-11(6-18)16-12)19-10-4-8(14)3-9(15)5-10/h3-5,7,18H,6H2,1-2H3,(H,16,17). The molecule has 0 saturated heterocycles. The SMILES string of the molecule is CC(C)c1nc(CO)[nH]c1Sc1cc(Cl)cc(Cl)c1. The van der Waals surface area contributed by atoms with Gasteiger partial charge in [0.15, 0.2) is 0 Å². The minimum atomic E-state index is -0.101. The van der Waals surface area contributed by atoms with Crippen LogP contribution in [0.25, 0.3) is 0 Å². The molecule has 0 atom stereocenters. The summed E-state index contributed by atoms with van der Waals surface area (Å²) in [7, 11) is 0. The van der Waals surface area contributed by atoms with Gasteiger partial charge in [-0.2, -0.15) is 0 Å². The van der Waals surface area contributed by atoms with Crippen LogP contribution in [0.15, 0.2) is 28.1 Å². The van der Waals surface area contributed by atoms with E-state index in [1.165, 1.54) is 11.8 Å². The van der Waals surface area contributed by atoms with Gasteiger partial charge in [-0.3, -0.25) is 0 Å². The summed E-state index contributed by atoms with van der Waals surface area (Å²) in [5.41, 5.74) is 0.935. The molecule has 0 saturated carbocycles. The first-order valence-corrected chi connectivity index (χ1v) is 7.40. The van der Waals surface area contributed by atoms with Gasteiger partial charge in [0.25, 0.3) is 0 Å². The lowest BCUT2D eigenvalue weighted by Gasteiger charge is -2.06. The first-order chi connectivity index (χ1) is 8.99. The zero-order valence-corrected chi connectivity index (χ0v) is 12.9. The first-order valence-electron chi connectivity index (χ1n) is 5.83. The van der Waals surface area contributed by atoms with Gasteiger partial charge in [-0.1, -0.05) is 48.8 Å². The first kappa shape index (κ1) is 14.7. The van der Waals surface area contributed by atoms with Crippen LogP contribution in [0.4, 0.5) is 0 Å². The monoisotopic (exact) mass is 316 g/mol. The van der Waals surface area contributed by atoms with Crippen molar-refractivity contribution >= 4 is 35.0 Å². The summed E-state index contributed by atoms with van der Waals surface area (Å²) in [6, 6.07) is 5.39. The van der Waals surface area contributed by atoms with E-state index in [0.717, 1.165) is 15.6 Å². The van der Waals surface area contributed by atoms with E-state index in [1.807, 2.05) is 12.1 Å². The average Bonchev–Trinajstić information content (AvgIpc) is 2.71. The number of aliphatic hydroxyl groups excluding tert-OH is 1. The minimum absolute atomic E-state index is 0.101. The summed E-state index contributed by atoms with van der Waals surface area (Å²) in [6.07, 6.45) is 0. The van der Waals surface area contributed by atoms with E-state index < -0.39 is 0 Å². The van der Waals surface area contributed by atoms with E-state index in [-0.39, 0.29) is 12.5 Å². The summed E-state index contributed by atoms with van der Waals surface area (Å²) < 4.78 is 0. The molecule has 1 aromatic heterocycles. The molecule has 0 spiro atoms. The highest BCUT2D eigenvalue weighted by Crippen LogP contribution is 2.35. The molecule has 0 bridgehead atoms. The molecular formula is C13H14Cl2N2OS. The molecule has 3 nitrogen and oxygen atoms in total. The van der Waals surface area contributed by atoms with Gasteiger partial charge in [-0.25, -0.2) is 4.98 Å². The molecule has 6 heteroatoms. The highest BCUT2D eigenvalue weighted by atomic mass is 35.5. The van der Waals surface area contributed by atoms with Crippen molar-refractivity contribution in [2.24, 2.45) is 0 Å². The summed E-state index contributed by atoms with van der Waals surface area (Å²) in [6.45, 7) is 4.02. The van der Waals surface area contributed by atoms with Crippen LogP contribution >= 0.6 is 35.0 Å². The van der Waals surface area contributed by atoms with E-state index in [0.29, 0.717) is 15.9 Å². The van der Waals surface area contributed by atoms with E-state index in [1.54, 1.807) is 6.07 Å². The van der Waals surface area contributed by atoms with Gasteiger partial charge in [0.05, 0.1) is 5.69 Å². The van der Waals surface area contributed by atoms with Crippen LogP contribution in [0.3, 0.4) is 0 Å². The maximum Gasteiger partial charge on any atom is 0.133 e. The zero-order valence-electron chi connectivity index (χ0n) is 10.6. The number of aromatic nitrogens is 2. The molecule has 0 aliphatic carbocycles. The molecule has 1 heterocycles. The number of rotatable bonds is 4. The van der Waals surface area contributed by atoms with Crippen LogP contribution in [-0.2, 0) is 6.61 Å². The second-order valence-corrected chi connectivity index (χ2v) is 6.37. The molecule has 0 fully saturated rings. The third-order valence-electron chi connectivity index (χ3n) is 2.50. The van der Waals surface area contributed by atoms with Crippen LogP contribution in [-0.4, -0.2) is 15.1 Å². The molecule has 0 radical (unpaired) electrons. The summed E-state index contributed by atoms with van der Waals surface area (Å²) in [5.74, 6) is 0.841. The molecule has 0 amide bonds. The van der Waals surface area contributed by atoms with E-state index in [4.69, 9.17) is 28.3 Å². The Labute approximate surface area is 126 Å². The van der Waals surface area contributed by atoms with E-state index >= 15 is 0 Å². The second-order valence-electron chi connectivity index (χ2n) is 4.42. The maximum atomic E-state index is 9.17. The highest BCUT2D eigenvalue weighted by Gasteiger charge is 2.14. The van der Waals surface area contributed by atoms with Crippen LogP contribution in [0, 0.1) is 0 Å². The smallest absolute Gasteiger partial charge is 0.133 e. The van der Waals surface area contributed by atoms with Crippen LogP contribution in [0.5, 0.6) is 0 Å². The van der Waals surface area contributed by atoms with Gasteiger partial charge < -0.3 is 10.1 Å². The maximum absolute atomic E-state index is 9.17. The molecule has 0 aliphatic heterocycles. The zero-order chi connectivity index (χ0) is 14.0.